The van der Waals surface area contributed by atoms with Crippen LogP contribution in [0.1, 0.15) is 68.9 Å². The molecule has 0 aliphatic carbocycles. The Morgan fingerprint density at radius 3 is 2.47 bits per heavy atom. The molecule has 0 bridgehead atoms. The zero-order valence-corrected chi connectivity index (χ0v) is 20.3. The molecular weight excluding hydrogens is 426 g/mol. The first kappa shape index (κ1) is 24.0. The minimum Gasteiger partial charge on any atom is -0.444 e. The van der Waals surface area contributed by atoms with Crippen molar-refractivity contribution >= 4 is 6.09 Å². The highest BCUT2D eigenvalue weighted by Gasteiger charge is 2.31. The molecule has 7 nitrogen and oxygen atoms in total. The minimum absolute atomic E-state index is 0.185. The number of amides is 1. The monoisotopic (exact) mass is 461 g/mol. The average Bonchev–Trinajstić information content (AvgIpc) is 3.28. The summed E-state index contributed by atoms with van der Waals surface area (Å²) < 4.78 is 5.55. The number of nitrogens with zero attached hydrogens (tertiary/aromatic N) is 3. The minimum atomic E-state index is -0.489. The van der Waals surface area contributed by atoms with Crippen molar-refractivity contribution in [2.45, 2.75) is 64.0 Å². The number of carbonyl (C=O) groups excluding carboxylic acids is 1. The van der Waals surface area contributed by atoms with Gasteiger partial charge in [0.05, 0.1) is 5.69 Å². The standard InChI is InChI=1S/C27H35N5O2/c1-27(2,3)34-26(33)32-17-13-21(14-18-32)24-23(20-11-15-29-16-12-20)25(31-30-24)22(28)10-9-19-7-5-4-6-8-19/h4-8,11-12,15-16,21-22H,9-10,13-14,17-18,28H2,1-3H3,(H,30,31)/t22-/m1/s1. The molecule has 3 heterocycles. The van der Waals surface area contributed by atoms with Crippen LogP contribution in [-0.4, -0.2) is 44.9 Å². The molecule has 0 radical (unpaired) electrons. The largest absolute Gasteiger partial charge is 0.444 e. The molecule has 1 amide bonds. The number of rotatable bonds is 6. The molecule has 1 aliphatic rings. The molecule has 2 aromatic heterocycles. The van der Waals surface area contributed by atoms with Crippen molar-refractivity contribution in [3.63, 3.8) is 0 Å². The lowest BCUT2D eigenvalue weighted by molar-refractivity contribution is 0.0204. The van der Waals surface area contributed by atoms with Gasteiger partial charge in [-0.05, 0) is 69.7 Å². The number of nitrogens with two attached hydrogens (primary N) is 1. The number of aromatic amines is 1. The number of likely N-dealkylation sites (tertiary alicyclic amines) is 1. The van der Waals surface area contributed by atoms with Crippen molar-refractivity contribution in [3.8, 4) is 11.1 Å². The molecule has 7 heteroatoms. The van der Waals surface area contributed by atoms with Crippen LogP contribution in [0.5, 0.6) is 0 Å². The van der Waals surface area contributed by atoms with Gasteiger partial charge in [0.15, 0.2) is 0 Å². The summed E-state index contributed by atoms with van der Waals surface area (Å²) in [5.74, 6) is 0.268. The maximum absolute atomic E-state index is 12.5. The van der Waals surface area contributed by atoms with Gasteiger partial charge in [-0.15, -0.1) is 0 Å². The van der Waals surface area contributed by atoms with E-state index in [0.29, 0.717) is 13.1 Å². The van der Waals surface area contributed by atoms with Gasteiger partial charge in [0, 0.05) is 48.7 Å². The van der Waals surface area contributed by atoms with Gasteiger partial charge in [-0.2, -0.15) is 5.10 Å². The summed E-state index contributed by atoms with van der Waals surface area (Å²) in [4.78, 5) is 18.5. The van der Waals surface area contributed by atoms with E-state index in [-0.39, 0.29) is 18.1 Å². The second kappa shape index (κ2) is 10.4. The van der Waals surface area contributed by atoms with E-state index in [9.17, 15) is 4.79 Å². The van der Waals surface area contributed by atoms with Crippen molar-refractivity contribution in [3.05, 3.63) is 71.8 Å². The summed E-state index contributed by atoms with van der Waals surface area (Å²) in [5, 5.41) is 8.03. The quantitative estimate of drug-likeness (QED) is 0.525. The summed E-state index contributed by atoms with van der Waals surface area (Å²) in [6.45, 7) is 7.00. The maximum atomic E-state index is 12.5. The Hall–Kier alpha value is -3.19. The summed E-state index contributed by atoms with van der Waals surface area (Å²) in [7, 11) is 0. The lowest BCUT2D eigenvalue weighted by Crippen LogP contribution is -2.41. The number of H-pyrrole nitrogens is 1. The number of ether oxygens (including phenoxy) is 1. The van der Waals surface area contributed by atoms with Gasteiger partial charge in [-0.25, -0.2) is 4.79 Å². The molecule has 0 saturated carbocycles. The van der Waals surface area contributed by atoms with Crippen LogP contribution in [0, 0.1) is 0 Å². The van der Waals surface area contributed by atoms with Gasteiger partial charge < -0.3 is 15.4 Å². The molecule has 34 heavy (non-hydrogen) atoms. The molecule has 3 aromatic rings. The second-order valence-electron chi connectivity index (χ2n) is 10.0. The molecule has 4 rings (SSSR count). The molecule has 1 aliphatic heterocycles. The van der Waals surface area contributed by atoms with Gasteiger partial charge >= 0.3 is 6.09 Å². The first-order valence-electron chi connectivity index (χ1n) is 12.1. The third-order valence-electron chi connectivity index (χ3n) is 6.28. The normalized spacial score (nSPS) is 15.8. The van der Waals surface area contributed by atoms with Gasteiger partial charge in [0.1, 0.15) is 5.60 Å². The number of hydrogen-bond donors (Lipinski definition) is 2. The van der Waals surface area contributed by atoms with Crippen molar-refractivity contribution < 1.29 is 9.53 Å². The molecule has 180 valence electrons. The number of benzene rings is 1. The molecule has 1 aromatic carbocycles. The molecule has 0 spiro atoms. The lowest BCUT2D eigenvalue weighted by atomic mass is 9.87. The van der Waals surface area contributed by atoms with E-state index >= 15 is 0 Å². The van der Waals surface area contributed by atoms with E-state index in [1.54, 1.807) is 17.3 Å². The third kappa shape index (κ3) is 5.83. The fourth-order valence-corrected chi connectivity index (χ4v) is 4.54. The molecule has 3 N–H and O–H groups in total. The predicted molar refractivity (Wildman–Crippen MR) is 133 cm³/mol. The van der Waals surface area contributed by atoms with E-state index in [1.165, 1.54) is 5.56 Å². The number of aryl methyl sites for hydroxylation is 1. The number of carbonyl (C=O) groups is 1. The van der Waals surface area contributed by atoms with Gasteiger partial charge in [-0.3, -0.25) is 10.1 Å². The topological polar surface area (TPSA) is 97.1 Å². The number of nitrogens with one attached hydrogen (secondary N) is 1. The van der Waals surface area contributed by atoms with Crippen LogP contribution < -0.4 is 5.73 Å². The van der Waals surface area contributed by atoms with Crippen molar-refractivity contribution in [1.29, 1.82) is 0 Å². The maximum Gasteiger partial charge on any atom is 0.410 e. The fraction of sp³-hybridized carbons (Fsp3) is 0.444. The number of pyridine rings is 1. The molecule has 1 saturated heterocycles. The summed E-state index contributed by atoms with van der Waals surface area (Å²) >= 11 is 0. The highest BCUT2D eigenvalue weighted by molar-refractivity contribution is 5.70. The molecule has 1 atom stereocenters. The van der Waals surface area contributed by atoms with Crippen molar-refractivity contribution in [2.24, 2.45) is 5.73 Å². The first-order valence-corrected chi connectivity index (χ1v) is 12.1. The Kier molecular flexibility index (Phi) is 7.32. The lowest BCUT2D eigenvalue weighted by Gasteiger charge is -2.33. The number of aromatic nitrogens is 3. The zero-order chi connectivity index (χ0) is 24.1. The van der Waals surface area contributed by atoms with E-state index in [2.05, 4.69) is 34.3 Å². The molecular formula is C27H35N5O2. The van der Waals surface area contributed by atoms with E-state index < -0.39 is 5.60 Å². The molecule has 0 unspecified atom stereocenters. The van der Waals surface area contributed by atoms with Crippen LogP contribution >= 0.6 is 0 Å². The van der Waals surface area contributed by atoms with Crippen LogP contribution in [0.4, 0.5) is 4.79 Å². The zero-order valence-electron chi connectivity index (χ0n) is 20.3. The van der Waals surface area contributed by atoms with Crippen LogP contribution in [0.2, 0.25) is 0 Å². The van der Waals surface area contributed by atoms with Gasteiger partial charge in [-0.1, -0.05) is 30.3 Å². The average molecular weight is 462 g/mol. The van der Waals surface area contributed by atoms with Crippen LogP contribution in [-0.2, 0) is 11.2 Å². The van der Waals surface area contributed by atoms with Gasteiger partial charge in [0.25, 0.3) is 0 Å². The third-order valence-corrected chi connectivity index (χ3v) is 6.28. The van der Waals surface area contributed by atoms with Crippen LogP contribution in [0.3, 0.4) is 0 Å². The van der Waals surface area contributed by atoms with Crippen molar-refractivity contribution in [2.75, 3.05) is 13.1 Å². The second-order valence-corrected chi connectivity index (χ2v) is 10.0. The Bertz CT molecular complexity index is 1070. The highest BCUT2D eigenvalue weighted by atomic mass is 16.6. The number of hydrogen-bond acceptors (Lipinski definition) is 5. The summed E-state index contributed by atoms with van der Waals surface area (Å²) in [6.07, 6.45) is 6.76. The highest BCUT2D eigenvalue weighted by Crippen LogP contribution is 2.38. The van der Waals surface area contributed by atoms with Crippen molar-refractivity contribution in [1.82, 2.24) is 20.1 Å². The Balaban J connectivity index is 1.52. The smallest absolute Gasteiger partial charge is 0.410 e. The first-order chi connectivity index (χ1) is 16.3. The van der Waals surface area contributed by atoms with E-state index in [1.807, 2.05) is 39.0 Å². The van der Waals surface area contributed by atoms with Crippen LogP contribution in [0.15, 0.2) is 54.9 Å². The SMILES string of the molecule is CC(C)(C)OC(=O)N1CCC(c2[nH]nc([C@H](N)CCc3ccccc3)c2-c2ccncc2)CC1. The Labute approximate surface area is 201 Å². The summed E-state index contributed by atoms with van der Waals surface area (Å²) in [6, 6.07) is 14.2. The fourth-order valence-electron chi connectivity index (χ4n) is 4.54. The van der Waals surface area contributed by atoms with Crippen LogP contribution in [0.25, 0.3) is 11.1 Å². The Morgan fingerprint density at radius 2 is 1.82 bits per heavy atom. The Morgan fingerprint density at radius 1 is 1.15 bits per heavy atom. The van der Waals surface area contributed by atoms with Gasteiger partial charge in [0.2, 0.25) is 0 Å². The predicted octanol–water partition coefficient (Wildman–Crippen LogP) is 5.22. The van der Waals surface area contributed by atoms with E-state index in [4.69, 9.17) is 15.6 Å². The summed E-state index contributed by atoms with van der Waals surface area (Å²) in [5.41, 5.74) is 11.6. The van der Waals surface area contributed by atoms with E-state index in [0.717, 1.165) is 48.2 Å². The molecule has 1 fully saturated rings. The number of piperidine rings is 1.